The predicted molar refractivity (Wildman–Crippen MR) is 155 cm³/mol. The van der Waals surface area contributed by atoms with Crippen molar-refractivity contribution in [3.63, 3.8) is 0 Å². The summed E-state index contributed by atoms with van der Waals surface area (Å²) in [5.41, 5.74) is 9.81. The topological polar surface area (TPSA) is 104 Å². The molecule has 1 atom stereocenters. The highest BCUT2D eigenvalue weighted by molar-refractivity contribution is 6.35. The molecule has 9 heteroatoms. The highest BCUT2D eigenvalue weighted by Gasteiger charge is 2.31. The van der Waals surface area contributed by atoms with Crippen LogP contribution in [0.4, 0.5) is 0 Å². The first-order valence-corrected chi connectivity index (χ1v) is 13.3. The van der Waals surface area contributed by atoms with Crippen LogP contribution >= 0.6 is 23.2 Å². The molecule has 0 spiro atoms. The zero-order valence-corrected chi connectivity index (χ0v) is 23.4. The molecule has 1 aliphatic rings. The van der Waals surface area contributed by atoms with E-state index in [1.807, 2.05) is 49.4 Å². The summed E-state index contributed by atoms with van der Waals surface area (Å²) in [6, 6.07) is 27.1. The summed E-state index contributed by atoms with van der Waals surface area (Å²) >= 11 is 12.2. The number of carbonyl (C=O) groups excluding carboxylic acids is 1. The van der Waals surface area contributed by atoms with E-state index in [4.69, 9.17) is 47.9 Å². The Morgan fingerprint density at radius 3 is 2.32 bits per heavy atom. The van der Waals surface area contributed by atoms with E-state index in [0.29, 0.717) is 32.9 Å². The minimum absolute atomic E-state index is 0.0195. The van der Waals surface area contributed by atoms with E-state index in [1.165, 1.54) is 0 Å². The van der Waals surface area contributed by atoms with Crippen LogP contribution in [0.1, 0.15) is 28.2 Å². The van der Waals surface area contributed by atoms with Crippen LogP contribution in [0.5, 0.6) is 23.0 Å². The normalized spacial score (nSPS) is 14.0. The van der Waals surface area contributed by atoms with Gasteiger partial charge in [-0.3, -0.25) is 0 Å². The second kappa shape index (κ2) is 12.3. The second-order valence-electron chi connectivity index (χ2n) is 9.29. The van der Waals surface area contributed by atoms with E-state index in [9.17, 15) is 10.1 Å². The van der Waals surface area contributed by atoms with Crippen molar-refractivity contribution in [1.29, 1.82) is 5.26 Å². The number of hydrogen-bond donors (Lipinski definition) is 1. The average molecular weight is 587 g/mol. The molecule has 4 aromatic rings. The SMILES string of the molecule is Cc1ccc(OCC(=O)Oc2ccc3c(c2)OC(N)=C(C#N)C3c2ccc(OCc3ccc(Cl)cc3Cl)cc2)cc1. The first-order valence-electron chi connectivity index (χ1n) is 12.6. The van der Waals surface area contributed by atoms with E-state index in [0.717, 1.165) is 16.7 Å². The maximum atomic E-state index is 12.4. The van der Waals surface area contributed by atoms with Gasteiger partial charge in [0, 0.05) is 27.2 Å². The van der Waals surface area contributed by atoms with Crippen LogP contribution in [0, 0.1) is 18.3 Å². The van der Waals surface area contributed by atoms with Crippen LogP contribution in [0.3, 0.4) is 0 Å². The number of fused-ring (bicyclic) bond motifs is 1. The molecule has 0 aromatic heterocycles. The Labute approximate surface area is 247 Å². The van der Waals surface area contributed by atoms with Gasteiger partial charge in [-0.1, -0.05) is 65.2 Å². The third-order valence-corrected chi connectivity index (χ3v) is 7.01. The molecule has 0 bridgehead atoms. The van der Waals surface area contributed by atoms with E-state index in [2.05, 4.69) is 6.07 Å². The number of benzene rings is 4. The third-order valence-electron chi connectivity index (χ3n) is 6.42. The zero-order valence-electron chi connectivity index (χ0n) is 21.9. The summed E-state index contributed by atoms with van der Waals surface area (Å²) in [6.07, 6.45) is 0. The van der Waals surface area contributed by atoms with Gasteiger partial charge in [-0.2, -0.15) is 5.26 Å². The standard InChI is InChI=1S/C32H24Cl2N2O5/c1-19-2-8-23(9-3-19)39-18-30(37)40-25-12-13-26-29(15-25)41-32(36)27(16-35)31(26)20-5-10-24(11-6-20)38-17-21-4-7-22(33)14-28(21)34/h2-15,31H,17-18,36H2,1H3. The minimum Gasteiger partial charge on any atom is -0.489 e. The van der Waals surface area contributed by atoms with E-state index >= 15 is 0 Å². The molecule has 0 saturated heterocycles. The first kappa shape index (κ1) is 27.9. The van der Waals surface area contributed by atoms with Gasteiger partial charge in [0.2, 0.25) is 5.88 Å². The number of hydrogen-bond acceptors (Lipinski definition) is 7. The summed E-state index contributed by atoms with van der Waals surface area (Å²) in [6.45, 7) is 1.97. The molecule has 7 nitrogen and oxygen atoms in total. The molecule has 206 valence electrons. The highest BCUT2D eigenvalue weighted by atomic mass is 35.5. The minimum atomic E-state index is -0.574. The number of nitrogens with zero attached hydrogens (tertiary/aromatic N) is 1. The van der Waals surface area contributed by atoms with Crippen molar-refractivity contribution < 1.29 is 23.7 Å². The van der Waals surface area contributed by atoms with Gasteiger partial charge >= 0.3 is 5.97 Å². The monoisotopic (exact) mass is 586 g/mol. The number of carbonyl (C=O) groups is 1. The molecular formula is C32H24Cl2N2O5. The van der Waals surface area contributed by atoms with E-state index in [-0.39, 0.29) is 30.4 Å². The zero-order chi connectivity index (χ0) is 28.9. The second-order valence-corrected chi connectivity index (χ2v) is 10.1. The molecule has 5 rings (SSSR count). The molecule has 1 heterocycles. The van der Waals surface area contributed by atoms with Gasteiger partial charge in [0.15, 0.2) is 6.61 Å². The molecule has 0 radical (unpaired) electrons. The number of aryl methyl sites for hydroxylation is 1. The Hall–Kier alpha value is -4.64. The molecule has 0 saturated carbocycles. The summed E-state index contributed by atoms with van der Waals surface area (Å²) < 4.78 is 22.6. The molecule has 0 amide bonds. The largest absolute Gasteiger partial charge is 0.489 e. The molecule has 0 fully saturated rings. The first-order chi connectivity index (χ1) is 19.8. The van der Waals surface area contributed by atoms with Crippen LogP contribution < -0.4 is 24.7 Å². The van der Waals surface area contributed by atoms with Gasteiger partial charge in [0.05, 0.1) is 5.92 Å². The van der Waals surface area contributed by atoms with Crippen molar-refractivity contribution >= 4 is 29.2 Å². The van der Waals surface area contributed by atoms with Crippen molar-refractivity contribution in [2.75, 3.05) is 6.61 Å². The number of allylic oxidation sites excluding steroid dienone is 1. The summed E-state index contributed by atoms with van der Waals surface area (Å²) in [5, 5.41) is 11.0. The lowest BCUT2D eigenvalue weighted by Crippen LogP contribution is -2.21. The highest BCUT2D eigenvalue weighted by Crippen LogP contribution is 2.43. The number of esters is 1. The van der Waals surface area contributed by atoms with Gasteiger partial charge in [-0.05, 0) is 55.0 Å². The van der Waals surface area contributed by atoms with Gasteiger partial charge in [0.1, 0.15) is 41.2 Å². The molecule has 4 aromatic carbocycles. The lowest BCUT2D eigenvalue weighted by Gasteiger charge is -2.26. The Bertz CT molecular complexity index is 1660. The average Bonchev–Trinajstić information content (AvgIpc) is 2.96. The van der Waals surface area contributed by atoms with Crippen LogP contribution in [0.2, 0.25) is 10.0 Å². The Morgan fingerprint density at radius 2 is 1.61 bits per heavy atom. The number of ether oxygens (including phenoxy) is 4. The van der Waals surface area contributed by atoms with Crippen LogP contribution in [-0.2, 0) is 11.4 Å². The fourth-order valence-corrected chi connectivity index (χ4v) is 4.80. The van der Waals surface area contributed by atoms with Crippen LogP contribution in [-0.4, -0.2) is 12.6 Å². The molecule has 1 unspecified atom stereocenters. The lowest BCUT2D eigenvalue weighted by atomic mass is 9.83. The third kappa shape index (κ3) is 6.58. The van der Waals surface area contributed by atoms with Gasteiger partial charge < -0.3 is 24.7 Å². The van der Waals surface area contributed by atoms with Crippen molar-refractivity contribution in [2.24, 2.45) is 5.73 Å². The fourth-order valence-electron chi connectivity index (χ4n) is 4.34. The molecule has 2 N–H and O–H groups in total. The molecular weight excluding hydrogens is 563 g/mol. The van der Waals surface area contributed by atoms with Crippen molar-refractivity contribution in [3.8, 4) is 29.1 Å². The maximum Gasteiger partial charge on any atom is 0.349 e. The van der Waals surface area contributed by atoms with E-state index in [1.54, 1.807) is 42.5 Å². The van der Waals surface area contributed by atoms with Gasteiger partial charge in [-0.15, -0.1) is 0 Å². The van der Waals surface area contributed by atoms with Crippen molar-refractivity contribution in [2.45, 2.75) is 19.4 Å². The number of rotatable bonds is 8. The van der Waals surface area contributed by atoms with Crippen LogP contribution in [0.15, 0.2) is 96.4 Å². The molecule has 0 aliphatic carbocycles. The van der Waals surface area contributed by atoms with Gasteiger partial charge in [-0.25, -0.2) is 4.79 Å². The molecule has 41 heavy (non-hydrogen) atoms. The predicted octanol–water partition coefficient (Wildman–Crippen LogP) is 7.08. The summed E-state index contributed by atoms with van der Waals surface area (Å²) in [4.78, 5) is 12.4. The Morgan fingerprint density at radius 1 is 0.927 bits per heavy atom. The van der Waals surface area contributed by atoms with Crippen LogP contribution in [0.25, 0.3) is 0 Å². The van der Waals surface area contributed by atoms with Crippen molar-refractivity contribution in [3.05, 3.63) is 129 Å². The fraction of sp³-hybridized carbons (Fsp3) is 0.125. The summed E-state index contributed by atoms with van der Waals surface area (Å²) in [5.74, 6) is 0.752. The van der Waals surface area contributed by atoms with E-state index < -0.39 is 11.9 Å². The molecule has 1 aliphatic heterocycles. The van der Waals surface area contributed by atoms with Crippen molar-refractivity contribution in [1.82, 2.24) is 0 Å². The lowest BCUT2D eigenvalue weighted by molar-refractivity contribution is -0.136. The number of halogens is 2. The number of nitriles is 1. The summed E-state index contributed by atoms with van der Waals surface area (Å²) in [7, 11) is 0. The number of nitrogens with two attached hydrogens (primary N) is 1. The Balaban J connectivity index is 1.30. The maximum absolute atomic E-state index is 12.4. The Kier molecular flexibility index (Phi) is 8.34. The quantitative estimate of drug-likeness (QED) is 0.174. The smallest absolute Gasteiger partial charge is 0.349 e. The van der Waals surface area contributed by atoms with Gasteiger partial charge in [0.25, 0.3) is 0 Å².